The summed E-state index contributed by atoms with van der Waals surface area (Å²) >= 11 is 0. The van der Waals surface area contributed by atoms with Gasteiger partial charge in [-0.15, -0.1) is 0 Å². The average molecular weight is 256 g/mol. The van der Waals surface area contributed by atoms with Crippen molar-refractivity contribution in [3.05, 3.63) is 11.9 Å². The third-order valence-electron chi connectivity index (χ3n) is 2.22. The number of rotatable bonds is 7. The van der Waals surface area contributed by atoms with Crippen LogP contribution in [0.4, 0.5) is 11.6 Å². The minimum atomic E-state index is -0.752. The molecule has 1 unspecified atom stereocenters. The van der Waals surface area contributed by atoms with Crippen LogP contribution in [0.3, 0.4) is 0 Å². The Morgan fingerprint density at radius 1 is 1.41 bits per heavy atom. The molecule has 0 aromatic carbocycles. The Bertz CT molecular complexity index is 384. The second kappa shape index (κ2) is 7.21. The molecule has 3 N–H and O–H groups in total. The van der Waals surface area contributed by atoms with Gasteiger partial charge in [-0.2, -0.15) is 0 Å². The van der Waals surface area contributed by atoms with E-state index in [9.17, 15) is 4.21 Å². The minimum Gasteiger partial charge on any atom is -0.384 e. The van der Waals surface area contributed by atoms with Gasteiger partial charge in [0.2, 0.25) is 0 Å². The van der Waals surface area contributed by atoms with Crippen molar-refractivity contribution in [1.29, 1.82) is 0 Å². The molecule has 6 heteroatoms. The van der Waals surface area contributed by atoms with Crippen LogP contribution >= 0.6 is 0 Å². The van der Waals surface area contributed by atoms with Crippen molar-refractivity contribution in [2.24, 2.45) is 0 Å². The predicted octanol–water partition coefficient (Wildman–Crippen LogP) is 1.19. The van der Waals surface area contributed by atoms with E-state index in [0.29, 0.717) is 29.7 Å². The fraction of sp³-hybridized carbons (Fsp3) is 0.636. The van der Waals surface area contributed by atoms with E-state index < -0.39 is 10.8 Å². The van der Waals surface area contributed by atoms with Crippen LogP contribution in [-0.4, -0.2) is 32.2 Å². The van der Waals surface area contributed by atoms with Crippen molar-refractivity contribution in [1.82, 2.24) is 9.97 Å². The Balaban J connectivity index is 2.55. The number of nitrogens with one attached hydrogen (secondary N) is 1. The Kier molecular flexibility index (Phi) is 5.90. The minimum absolute atomic E-state index is 0.475. The van der Waals surface area contributed by atoms with E-state index in [2.05, 4.69) is 22.2 Å². The summed E-state index contributed by atoms with van der Waals surface area (Å²) in [7, 11) is -0.752. The third kappa shape index (κ3) is 5.12. The van der Waals surface area contributed by atoms with Crippen molar-refractivity contribution in [2.45, 2.75) is 26.7 Å². The molecule has 0 aliphatic carbocycles. The summed E-state index contributed by atoms with van der Waals surface area (Å²) in [5, 5.41) is 3.13. The number of aromatic nitrogens is 2. The van der Waals surface area contributed by atoms with Crippen LogP contribution in [0.2, 0.25) is 0 Å². The zero-order valence-electron chi connectivity index (χ0n) is 10.4. The van der Waals surface area contributed by atoms with E-state index in [4.69, 9.17) is 5.73 Å². The molecule has 0 aliphatic rings. The van der Waals surface area contributed by atoms with Crippen LogP contribution in [0.1, 0.15) is 26.1 Å². The zero-order chi connectivity index (χ0) is 12.7. The van der Waals surface area contributed by atoms with E-state index in [-0.39, 0.29) is 0 Å². The number of nitrogens with zero attached hydrogens (tertiary/aromatic N) is 2. The Morgan fingerprint density at radius 3 is 2.82 bits per heavy atom. The van der Waals surface area contributed by atoms with Gasteiger partial charge in [-0.3, -0.25) is 4.21 Å². The molecule has 1 heterocycles. The van der Waals surface area contributed by atoms with Gasteiger partial charge < -0.3 is 11.1 Å². The maximum atomic E-state index is 11.3. The molecule has 96 valence electrons. The van der Waals surface area contributed by atoms with E-state index in [1.165, 1.54) is 0 Å². The molecule has 5 nitrogen and oxygen atoms in total. The monoisotopic (exact) mass is 256 g/mol. The second-order valence-electron chi connectivity index (χ2n) is 3.70. The first-order chi connectivity index (χ1) is 8.15. The van der Waals surface area contributed by atoms with Crippen molar-refractivity contribution in [3.63, 3.8) is 0 Å². The Labute approximate surface area is 105 Å². The molecule has 0 bridgehead atoms. The highest BCUT2D eigenvalue weighted by atomic mass is 32.2. The topological polar surface area (TPSA) is 80.9 Å². The van der Waals surface area contributed by atoms with Crippen molar-refractivity contribution in [2.75, 3.05) is 29.1 Å². The first-order valence-electron chi connectivity index (χ1n) is 5.88. The number of nitrogens with two attached hydrogens (primary N) is 1. The van der Waals surface area contributed by atoms with Crippen LogP contribution in [0, 0.1) is 0 Å². The number of nitrogen functional groups attached to an aromatic ring is 1. The Hall–Kier alpha value is -1.17. The molecular weight excluding hydrogens is 236 g/mol. The lowest BCUT2D eigenvalue weighted by Crippen LogP contribution is -2.14. The summed E-state index contributed by atoms with van der Waals surface area (Å²) in [6.45, 7) is 4.63. The van der Waals surface area contributed by atoms with Crippen LogP contribution in [0.15, 0.2) is 6.07 Å². The predicted molar refractivity (Wildman–Crippen MR) is 72.5 cm³/mol. The smallest absolute Gasteiger partial charge is 0.133 e. The van der Waals surface area contributed by atoms with E-state index in [0.717, 1.165) is 18.7 Å². The Morgan fingerprint density at radius 2 is 2.18 bits per heavy atom. The first kappa shape index (κ1) is 13.9. The fourth-order valence-electron chi connectivity index (χ4n) is 1.38. The van der Waals surface area contributed by atoms with Crippen molar-refractivity contribution >= 4 is 22.4 Å². The molecule has 1 aromatic rings. The molecule has 0 spiro atoms. The van der Waals surface area contributed by atoms with Gasteiger partial charge in [-0.1, -0.05) is 13.8 Å². The molecule has 0 amide bonds. The van der Waals surface area contributed by atoms with Gasteiger partial charge in [0.05, 0.1) is 0 Å². The molecule has 1 aromatic heterocycles. The van der Waals surface area contributed by atoms with Crippen LogP contribution in [0.5, 0.6) is 0 Å². The lowest BCUT2D eigenvalue weighted by molar-refractivity contribution is 0.684. The second-order valence-corrected chi connectivity index (χ2v) is 5.57. The summed E-state index contributed by atoms with van der Waals surface area (Å²) in [6, 6.07) is 1.70. The summed E-state index contributed by atoms with van der Waals surface area (Å²) in [4.78, 5) is 8.49. The van der Waals surface area contributed by atoms with Gasteiger partial charge in [0.1, 0.15) is 17.5 Å². The summed E-state index contributed by atoms with van der Waals surface area (Å²) in [5.41, 5.74) is 5.70. The van der Waals surface area contributed by atoms with Crippen molar-refractivity contribution in [3.8, 4) is 0 Å². The number of anilines is 2. The molecule has 0 aliphatic heterocycles. The lowest BCUT2D eigenvalue weighted by atomic mass is 10.3. The van der Waals surface area contributed by atoms with E-state index in [1.807, 2.05) is 6.92 Å². The largest absolute Gasteiger partial charge is 0.384 e. The van der Waals surface area contributed by atoms with E-state index >= 15 is 0 Å². The highest BCUT2D eigenvalue weighted by Gasteiger charge is 2.02. The van der Waals surface area contributed by atoms with Gasteiger partial charge in [0.25, 0.3) is 0 Å². The molecule has 0 radical (unpaired) electrons. The quantitative estimate of drug-likeness (QED) is 0.766. The van der Waals surface area contributed by atoms with Gasteiger partial charge >= 0.3 is 0 Å². The number of hydrogen-bond donors (Lipinski definition) is 2. The zero-order valence-corrected chi connectivity index (χ0v) is 11.2. The molecule has 1 atom stereocenters. The van der Waals surface area contributed by atoms with Gasteiger partial charge in [0, 0.05) is 41.3 Å². The third-order valence-corrected chi connectivity index (χ3v) is 3.53. The molecule has 0 saturated carbocycles. The fourth-order valence-corrected chi connectivity index (χ4v) is 2.00. The maximum Gasteiger partial charge on any atom is 0.133 e. The maximum absolute atomic E-state index is 11.3. The summed E-state index contributed by atoms with van der Waals surface area (Å²) < 4.78 is 11.3. The SMILES string of the molecule is CCCc1nc(N)cc(NCCS(=O)CC)n1. The number of aryl methyl sites for hydroxylation is 1. The first-order valence-corrected chi connectivity index (χ1v) is 7.36. The van der Waals surface area contributed by atoms with Gasteiger partial charge in [0.15, 0.2) is 0 Å². The normalized spacial score (nSPS) is 12.4. The summed E-state index contributed by atoms with van der Waals surface area (Å²) in [6.07, 6.45) is 1.81. The molecule has 0 saturated heterocycles. The molecule has 1 rings (SSSR count). The number of hydrogen-bond acceptors (Lipinski definition) is 5. The standard InChI is InChI=1S/C11H20N4OS/c1-3-5-10-14-9(12)8-11(15-10)13-6-7-17(16)4-2/h8H,3-7H2,1-2H3,(H3,12,13,14,15). The molecule has 17 heavy (non-hydrogen) atoms. The van der Waals surface area contributed by atoms with Gasteiger partial charge in [-0.05, 0) is 6.42 Å². The van der Waals surface area contributed by atoms with Crippen LogP contribution in [0.25, 0.3) is 0 Å². The average Bonchev–Trinajstić information content (AvgIpc) is 2.28. The lowest BCUT2D eigenvalue weighted by Gasteiger charge is -2.07. The van der Waals surface area contributed by atoms with Gasteiger partial charge in [-0.25, -0.2) is 9.97 Å². The van der Waals surface area contributed by atoms with Crippen LogP contribution < -0.4 is 11.1 Å². The van der Waals surface area contributed by atoms with Crippen LogP contribution in [-0.2, 0) is 17.2 Å². The summed E-state index contributed by atoms with van der Waals surface area (Å²) in [5.74, 6) is 3.27. The highest BCUT2D eigenvalue weighted by Crippen LogP contribution is 2.09. The van der Waals surface area contributed by atoms with E-state index in [1.54, 1.807) is 6.07 Å². The highest BCUT2D eigenvalue weighted by molar-refractivity contribution is 7.84. The van der Waals surface area contributed by atoms with Crippen molar-refractivity contribution < 1.29 is 4.21 Å². The molecular formula is C11H20N4OS. The molecule has 0 fully saturated rings.